The highest BCUT2D eigenvalue weighted by molar-refractivity contribution is 5.81. The van der Waals surface area contributed by atoms with Gasteiger partial charge in [0, 0.05) is 13.1 Å². The summed E-state index contributed by atoms with van der Waals surface area (Å²) in [6, 6.07) is -0.334. The van der Waals surface area contributed by atoms with E-state index in [0.717, 1.165) is 25.9 Å². The molecule has 0 spiro atoms. The third-order valence-corrected chi connectivity index (χ3v) is 3.33. The molecule has 0 bridgehead atoms. The normalized spacial score (nSPS) is 20.2. The molecule has 0 aromatic heterocycles. The van der Waals surface area contributed by atoms with Gasteiger partial charge >= 0.3 is 0 Å². The second-order valence-electron chi connectivity index (χ2n) is 5.25. The molecule has 1 aliphatic heterocycles. The van der Waals surface area contributed by atoms with E-state index in [4.69, 9.17) is 5.73 Å². The van der Waals surface area contributed by atoms with Crippen LogP contribution in [0.3, 0.4) is 0 Å². The Balaban J connectivity index is 2.13. The van der Waals surface area contributed by atoms with Crippen molar-refractivity contribution in [1.29, 1.82) is 0 Å². The summed E-state index contributed by atoms with van der Waals surface area (Å²) >= 11 is 0. The van der Waals surface area contributed by atoms with Gasteiger partial charge in [-0.2, -0.15) is 0 Å². The number of nitrogens with one attached hydrogen (secondary N) is 1. The number of carbonyl (C=O) groups excluding carboxylic acids is 1. The number of nitrogens with two attached hydrogens (primary N) is 1. The van der Waals surface area contributed by atoms with Crippen LogP contribution < -0.4 is 11.1 Å². The fourth-order valence-electron chi connectivity index (χ4n) is 2.32. The van der Waals surface area contributed by atoms with Crippen LogP contribution in [0.15, 0.2) is 0 Å². The Labute approximate surface area is 105 Å². The molecule has 4 nitrogen and oxygen atoms in total. The summed E-state index contributed by atoms with van der Waals surface area (Å²) < 4.78 is 0. The zero-order chi connectivity index (χ0) is 12.7. The molecule has 3 N–H and O–H groups in total. The van der Waals surface area contributed by atoms with Gasteiger partial charge < -0.3 is 16.0 Å². The molecule has 0 radical (unpaired) electrons. The Morgan fingerprint density at radius 2 is 2.06 bits per heavy atom. The number of nitrogens with zero attached hydrogens (tertiary/aromatic N) is 1. The molecule has 17 heavy (non-hydrogen) atoms. The van der Waals surface area contributed by atoms with Crippen LogP contribution in [0, 0.1) is 5.92 Å². The van der Waals surface area contributed by atoms with Crippen molar-refractivity contribution in [3.8, 4) is 0 Å². The number of carbonyl (C=O) groups is 1. The van der Waals surface area contributed by atoms with E-state index in [1.807, 2.05) is 6.92 Å². The predicted octanol–water partition coefficient (Wildman–Crippen LogP) is 0.962. The second-order valence-corrected chi connectivity index (χ2v) is 5.25. The van der Waals surface area contributed by atoms with Crippen LogP contribution in [0.5, 0.6) is 0 Å². The van der Waals surface area contributed by atoms with Gasteiger partial charge in [0.05, 0.1) is 6.04 Å². The fraction of sp³-hybridized carbons (Fsp3) is 0.923. The quantitative estimate of drug-likeness (QED) is 0.698. The molecule has 2 atom stereocenters. The number of rotatable bonds is 7. The lowest BCUT2D eigenvalue weighted by atomic mass is 10.1. The van der Waals surface area contributed by atoms with E-state index in [1.165, 1.54) is 25.9 Å². The molecule has 1 saturated heterocycles. The van der Waals surface area contributed by atoms with Gasteiger partial charge in [-0.3, -0.25) is 4.79 Å². The van der Waals surface area contributed by atoms with Gasteiger partial charge in [0.25, 0.3) is 0 Å². The maximum atomic E-state index is 11.6. The van der Waals surface area contributed by atoms with E-state index in [9.17, 15) is 4.79 Å². The first-order chi connectivity index (χ1) is 8.13. The highest BCUT2D eigenvalue weighted by atomic mass is 16.2. The summed E-state index contributed by atoms with van der Waals surface area (Å²) in [6.07, 6.45) is 4.37. The molecule has 0 aromatic carbocycles. The summed E-state index contributed by atoms with van der Waals surface area (Å²) in [5.74, 6) is 0.506. The minimum Gasteiger partial charge on any atom is -0.354 e. The monoisotopic (exact) mass is 241 g/mol. The van der Waals surface area contributed by atoms with Crippen molar-refractivity contribution in [2.24, 2.45) is 11.7 Å². The highest BCUT2D eigenvalue weighted by Crippen LogP contribution is 2.09. The summed E-state index contributed by atoms with van der Waals surface area (Å²) in [5, 5.41) is 2.95. The van der Waals surface area contributed by atoms with Gasteiger partial charge in [0.2, 0.25) is 5.91 Å². The number of hydrogen-bond donors (Lipinski definition) is 2. The number of amides is 1. The van der Waals surface area contributed by atoms with Gasteiger partial charge in [-0.05, 0) is 38.3 Å². The van der Waals surface area contributed by atoms with Gasteiger partial charge in [0.1, 0.15) is 0 Å². The molecule has 0 aliphatic carbocycles. The van der Waals surface area contributed by atoms with Crippen LogP contribution >= 0.6 is 0 Å². The Morgan fingerprint density at radius 3 is 2.65 bits per heavy atom. The Hall–Kier alpha value is -0.610. The molecule has 1 fully saturated rings. The average molecular weight is 241 g/mol. The SMILES string of the molecule is CCC[C@@H](N)C(=O)NCC(C)CN1CCCC1. The molecule has 1 amide bonds. The maximum absolute atomic E-state index is 11.6. The third-order valence-electron chi connectivity index (χ3n) is 3.33. The van der Waals surface area contributed by atoms with E-state index >= 15 is 0 Å². The predicted molar refractivity (Wildman–Crippen MR) is 70.7 cm³/mol. The van der Waals surface area contributed by atoms with Gasteiger partial charge in [-0.1, -0.05) is 20.3 Å². The minimum absolute atomic E-state index is 0.000113. The molecule has 0 saturated carbocycles. The van der Waals surface area contributed by atoms with Crippen LogP contribution in [0.4, 0.5) is 0 Å². The van der Waals surface area contributed by atoms with Crippen molar-refractivity contribution >= 4 is 5.91 Å². The molecular weight excluding hydrogens is 214 g/mol. The molecular formula is C13H27N3O. The van der Waals surface area contributed by atoms with Gasteiger partial charge in [0.15, 0.2) is 0 Å². The van der Waals surface area contributed by atoms with Crippen molar-refractivity contribution in [3.05, 3.63) is 0 Å². The van der Waals surface area contributed by atoms with E-state index in [0.29, 0.717) is 5.92 Å². The Kier molecular flexibility index (Phi) is 6.52. The summed E-state index contributed by atoms with van der Waals surface area (Å²) in [7, 11) is 0. The van der Waals surface area contributed by atoms with Crippen LogP contribution in [-0.2, 0) is 4.79 Å². The van der Waals surface area contributed by atoms with E-state index in [1.54, 1.807) is 0 Å². The van der Waals surface area contributed by atoms with E-state index < -0.39 is 0 Å². The molecule has 1 rings (SSSR count). The molecule has 4 heteroatoms. The Morgan fingerprint density at radius 1 is 1.41 bits per heavy atom. The van der Waals surface area contributed by atoms with Crippen molar-refractivity contribution < 1.29 is 4.79 Å². The third kappa shape index (κ3) is 5.50. The molecule has 100 valence electrons. The van der Waals surface area contributed by atoms with Crippen molar-refractivity contribution in [2.75, 3.05) is 26.2 Å². The van der Waals surface area contributed by atoms with E-state index in [2.05, 4.69) is 17.1 Å². The lowest BCUT2D eigenvalue weighted by Crippen LogP contribution is -2.43. The van der Waals surface area contributed by atoms with Crippen molar-refractivity contribution in [2.45, 2.75) is 45.6 Å². The smallest absolute Gasteiger partial charge is 0.236 e. The molecule has 0 aromatic rings. The van der Waals surface area contributed by atoms with Crippen LogP contribution in [0.1, 0.15) is 39.5 Å². The summed E-state index contributed by atoms with van der Waals surface area (Å²) in [4.78, 5) is 14.1. The largest absolute Gasteiger partial charge is 0.354 e. The van der Waals surface area contributed by atoms with Crippen molar-refractivity contribution in [3.63, 3.8) is 0 Å². The van der Waals surface area contributed by atoms with Crippen LogP contribution in [-0.4, -0.2) is 43.0 Å². The summed E-state index contributed by atoms with van der Waals surface area (Å²) in [6.45, 7) is 8.49. The minimum atomic E-state index is -0.334. The standard InChI is InChI=1S/C13H27N3O/c1-3-6-12(14)13(17)15-9-11(2)10-16-7-4-5-8-16/h11-12H,3-10,14H2,1-2H3,(H,15,17)/t11?,12-/m1/s1. The maximum Gasteiger partial charge on any atom is 0.236 e. The highest BCUT2D eigenvalue weighted by Gasteiger charge is 2.16. The number of hydrogen-bond acceptors (Lipinski definition) is 3. The van der Waals surface area contributed by atoms with Crippen molar-refractivity contribution in [1.82, 2.24) is 10.2 Å². The van der Waals surface area contributed by atoms with Gasteiger partial charge in [-0.15, -0.1) is 0 Å². The first-order valence-electron chi connectivity index (χ1n) is 6.89. The molecule has 1 unspecified atom stereocenters. The lowest BCUT2D eigenvalue weighted by Gasteiger charge is -2.21. The zero-order valence-electron chi connectivity index (χ0n) is 11.2. The van der Waals surface area contributed by atoms with Crippen LogP contribution in [0.2, 0.25) is 0 Å². The van der Waals surface area contributed by atoms with Gasteiger partial charge in [-0.25, -0.2) is 0 Å². The first kappa shape index (κ1) is 14.5. The first-order valence-corrected chi connectivity index (χ1v) is 6.89. The average Bonchev–Trinajstić information content (AvgIpc) is 2.79. The lowest BCUT2D eigenvalue weighted by molar-refractivity contribution is -0.122. The second kappa shape index (κ2) is 7.67. The summed E-state index contributed by atoms with van der Waals surface area (Å²) in [5.41, 5.74) is 5.76. The molecule has 1 heterocycles. The zero-order valence-corrected chi connectivity index (χ0v) is 11.2. The fourth-order valence-corrected chi connectivity index (χ4v) is 2.32. The molecule has 1 aliphatic rings. The van der Waals surface area contributed by atoms with E-state index in [-0.39, 0.29) is 11.9 Å². The topological polar surface area (TPSA) is 58.4 Å². The Bertz CT molecular complexity index is 227. The number of likely N-dealkylation sites (tertiary alicyclic amines) is 1. The van der Waals surface area contributed by atoms with Crippen LogP contribution in [0.25, 0.3) is 0 Å².